The predicted octanol–water partition coefficient (Wildman–Crippen LogP) is 2.52. The lowest BCUT2D eigenvalue weighted by atomic mass is 10.0. The maximum absolute atomic E-state index is 5.82. The van der Waals surface area contributed by atoms with Gasteiger partial charge in [-0.1, -0.05) is 30.3 Å². The van der Waals surface area contributed by atoms with E-state index in [1.54, 1.807) is 0 Å². The molecule has 1 saturated heterocycles. The van der Waals surface area contributed by atoms with E-state index in [0.29, 0.717) is 18.8 Å². The van der Waals surface area contributed by atoms with E-state index >= 15 is 0 Å². The SMILES string of the molecule is NCC1CCC(CCCc2ccccc2)O1. The summed E-state index contributed by atoms with van der Waals surface area (Å²) in [6, 6.07) is 10.7. The van der Waals surface area contributed by atoms with Crippen molar-refractivity contribution in [3.63, 3.8) is 0 Å². The Morgan fingerprint density at radius 2 is 1.88 bits per heavy atom. The Hall–Kier alpha value is -0.860. The highest BCUT2D eigenvalue weighted by atomic mass is 16.5. The maximum Gasteiger partial charge on any atom is 0.0702 e. The third-order valence-electron chi connectivity index (χ3n) is 3.29. The second-order valence-corrected chi connectivity index (χ2v) is 4.57. The maximum atomic E-state index is 5.82. The van der Waals surface area contributed by atoms with Gasteiger partial charge in [0.25, 0.3) is 0 Å². The first kappa shape index (κ1) is 11.6. The lowest BCUT2D eigenvalue weighted by Gasteiger charge is -2.11. The van der Waals surface area contributed by atoms with Crippen molar-refractivity contribution in [3.05, 3.63) is 35.9 Å². The van der Waals surface area contributed by atoms with Gasteiger partial charge in [0.1, 0.15) is 0 Å². The fourth-order valence-corrected chi connectivity index (χ4v) is 2.34. The lowest BCUT2D eigenvalue weighted by molar-refractivity contribution is 0.0445. The van der Waals surface area contributed by atoms with E-state index in [4.69, 9.17) is 10.5 Å². The number of hydrogen-bond donors (Lipinski definition) is 1. The summed E-state index contributed by atoms with van der Waals surface area (Å²) in [6.07, 6.45) is 6.66. The quantitative estimate of drug-likeness (QED) is 0.826. The van der Waals surface area contributed by atoms with Crippen LogP contribution < -0.4 is 5.73 Å². The van der Waals surface area contributed by atoms with Crippen LogP contribution in [0.2, 0.25) is 0 Å². The zero-order valence-corrected chi connectivity index (χ0v) is 9.77. The topological polar surface area (TPSA) is 35.2 Å². The second-order valence-electron chi connectivity index (χ2n) is 4.57. The first-order valence-corrected chi connectivity index (χ1v) is 6.28. The van der Waals surface area contributed by atoms with Crippen LogP contribution in [-0.4, -0.2) is 18.8 Å². The Balaban J connectivity index is 1.65. The average molecular weight is 219 g/mol. The Morgan fingerprint density at radius 3 is 2.56 bits per heavy atom. The summed E-state index contributed by atoms with van der Waals surface area (Å²) in [5, 5.41) is 0. The molecule has 0 radical (unpaired) electrons. The summed E-state index contributed by atoms with van der Waals surface area (Å²) < 4.78 is 5.82. The minimum atomic E-state index is 0.321. The van der Waals surface area contributed by atoms with Gasteiger partial charge in [-0.3, -0.25) is 0 Å². The Kier molecular flexibility index (Phi) is 4.37. The van der Waals surface area contributed by atoms with E-state index in [2.05, 4.69) is 30.3 Å². The van der Waals surface area contributed by atoms with Crippen molar-refractivity contribution < 1.29 is 4.74 Å². The normalized spacial score (nSPS) is 24.8. The highest BCUT2D eigenvalue weighted by Crippen LogP contribution is 2.23. The molecule has 88 valence electrons. The molecular weight excluding hydrogens is 198 g/mol. The van der Waals surface area contributed by atoms with E-state index < -0.39 is 0 Å². The van der Waals surface area contributed by atoms with E-state index in [0.717, 1.165) is 12.8 Å². The molecule has 2 atom stereocenters. The highest BCUT2D eigenvalue weighted by molar-refractivity contribution is 5.14. The predicted molar refractivity (Wildman–Crippen MR) is 66.3 cm³/mol. The molecule has 2 nitrogen and oxygen atoms in total. The van der Waals surface area contributed by atoms with Gasteiger partial charge >= 0.3 is 0 Å². The van der Waals surface area contributed by atoms with Crippen LogP contribution in [0, 0.1) is 0 Å². The van der Waals surface area contributed by atoms with Crippen molar-refractivity contribution in [1.82, 2.24) is 0 Å². The number of rotatable bonds is 5. The molecule has 0 aromatic heterocycles. The minimum Gasteiger partial charge on any atom is -0.374 e. The van der Waals surface area contributed by atoms with Crippen LogP contribution in [0.5, 0.6) is 0 Å². The standard InChI is InChI=1S/C14H21NO/c15-11-14-10-9-13(16-14)8-4-7-12-5-2-1-3-6-12/h1-3,5-6,13-14H,4,7-11,15H2. The van der Waals surface area contributed by atoms with E-state index in [1.165, 1.54) is 24.8 Å². The zero-order chi connectivity index (χ0) is 11.2. The van der Waals surface area contributed by atoms with Gasteiger partial charge < -0.3 is 10.5 Å². The van der Waals surface area contributed by atoms with Gasteiger partial charge in [-0.2, -0.15) is 0 Å². The molecule has 1 aliphatic heterocycles. The summed E-state index contributed by atoms with van der Waals surface area (Å²) in [4.78, 5) is 0. The largest absolute Gasteiger partial charge is 0.374 e. The number of nitrogens with two attached hydrogens (primary N) is 1. The van der Waals surface area contributed by atoms with Gasteiger partial charge in [-0.25, -0.2) is 0 Å². The van der Waals surface area contributed by atoms with Crippen LogP contribution in [0.15, 0.2) is 30.3 Å². The molecule has 0 bridgehead atoms. The van der Waals surface area contributed by atoms with Crippen LogP contribution in [0.1, 0.15) is 31.2 Å². The molecule has 1 aliphatic rings. The fourth-order valence-electron chi connectivity index (χ4n) is 2.34. The van der Waals surface area contributed by atoms with Gasteiger partial charge in [-0.15, -0.1) is 0 Å². The monoisotopic (exact) mass is 219 g/mol. The molecule has 1 aromatic carbocycles. The molecule has 2 heteroatoms. The Morgan fingerprint density at radius 1 is 1.12 bits per heavy atom. The third-order valence-corrected chi connectivity index (χ3v) is 3.29. The smallest absolute Gasteiger partial charge is 0.0702 e. The highest BCUT2D eigenvalue weighted by Gasteiger charge is 2.23. The van der Waals surface area contributed by atoms with Crippen molar-refractivity contribution in [1.29, 1.82) is 0 Å². The molecule has 1 fully saturated rings. The number of aryl methyl sites for hydroxylation is 1. The minimum absolute atomic E-state index is 0.321. The first-order valence-electron chi connectivity index (χ1n) is 6.28. The summed E-state index contributed by atoms with van der Waals surface area (Å²) in [6.45, 7) is 0.676. The molecule has 0 amide bonds. The van der Waals surface area contributed by atoms with Crippen LogP contribution in [-0.2, 0) is 11.2 Å². The molecule has 1 aromatic rings. The van der Waals surface area contributed by atoms with Crippen LogP contribution in [0.4, 0.5) is 0 Å². The van der Waals surface area contributed by atoms with E-state index in [9.17, 15) is 0 Å². The molecule has 2 unspecified atom stereocenters. The van der Waals surface area contributed by atoms with Crippen LogP contribution in [0.25, 0.3) is 0 Å². The molecule has 16 heavy (non-hydrogen) atoms. The lowest BCUT2D eigenvalue weighted by Crippen LogP contribution is -2.20. The van der Waals surface area contributed by atoms with E-state index in [-0.39, 0.29) is 0 Å². The molecule has 0 saturated carbocycles. The van der Waals surface area contributed by atoms with Crippen molar-refractivity contribution in [2.75, 3.05) is 6.54 Å². The summed E-state index contributed by atoms with van der Waals surface area (Å²) in [5.41, 5.74) is 7.02. The Bertz CT molecular complexity index is 299. The van der Waals surface area contributed by atoms with Gasteiger partial charge in [0.2, 0.25) is 0 Å². The van der Waals surface area contributed by atoms with Crippen LogP contribution in [0.3, 0.4) is 0 Å². The van der Waals surface area contributed by atoms with Gasteiger partial charge in [-0.05, 0) is 37.7 Å². The van der Waals surface area contributed by atoms with Crippen molar-refractivity contribution in [3.8, 4) is 0 Å². The van der Waals surface area contributed by atoms with Crippen molar-refractivity contribution in [2.45, 2.75) is 44.3 Å². The summed E-state index contributed by atoms with van der Waals surface area (Å²) >= 11 is 0. The fraction of sp³-hybridized carbons (Fsp3) is 0.571. The molecule has 0 spiro atoms. The number of hydrogen-bond acceptors (Lipinski definition) is 2. The molecular formula is C14H21NO. The zero-order valence-electron chi connectivity index (χ0n) is 9.77. The molecule has 1 heterocycles. The number of ether oxygens (including phenoxy) is 1. The van der Waals surface area contributed by atoms with Crippen molar-refractivity contribution >= 4 is 0 Å². The molecule has 2 N–H and O–H groups in total. The van der Waals surface area contributed by atoms with E-state index in [1.807, 2.05) is 0 Å². The van der Waals surface area contributed by atoms with Gasteiger partial charge in [0.05, 0.1) is 12.2 Å². The Labute approximate surface area is 97.8 Å². The molecule has 0 aliphatic carbocycles. The summed E-state index contributed by atoms with van der Waals surface area (Å²) in [7, 11) is 0. The summed E-state index contributed by atoms with van der Waals surface area (Å²) in [5.74, 6) is 0. The average Bonchev–Trinajstić information content (AvgIpc) is 2.78. The number of benzene rings is 1. The third kappa shape index (κ3) is 3.32. The van der Waals surface area contributed by atoms with Crippen molar-refractivity contribution in [2.24, 2.45) is 5.73 Å². The second kappa shape index (κ2) is 6.02. The molecule has 2 rings (SSSR count). The van der Waals surface area contributed by atoms with Crippen LogP contribution >= 0.6 is 0 Å². The van der Waals surface area contributed by atoms with Gasteiger partial charge in [0, 0.05) is 6.54 Å². The van der Waals surface area contributed by atoms with Gasteiger partial charge in [0.15, 0.2) is 0 Å². The first-order chi connectivity index (χ1) is 7.88.